The summed E-state index contributed by atoms with van der Waals surface area (Å²) in [5.41, 5.74) is 3.87. The molecule has 3 aromatic rings. The Kier molecular flexibility index (Phi) is 7.20. The van der Waals surface area contributed by atoms with Crippen molar-refractivity contribution in [3.05, 3.63) is 83.2 Å². The quantitative estimate of drug-likeness (QED) is 0.522. The van der Waals surface area contributed by atoms with Crippen LogP contribution >= 0.6 is 0 Å². The van der Waals surface area contributed by atoms with E-state index in [1.807, 2.05) is 88.4 Å². The molecule has 156 valence electrons. The highest BCUT2D eigenvalue weighted by Crippen LogP contribution is 2.27. The third-order valence-corrected chi connectivity index (χ3v) is 4.75. The molecule has 0 fully saturated rings. The van der Waals surface area contributed by atoms with Gasteiger partial charge in [0.25, 0.3) is 5.91 Å². The van der Waals surface area contributed by atoms with Crippen LogP contribution in [0.4, 0.5) is 5.69 Å². The number of anilines is 1. The van der Waals surface area contributed by atoms with Crippen LogP contribution in [0.5, 0.6) is 11.5 Å². The molecule has 2 aromatic carbocycles. The molecule has 1 aromatic heterocycles. The van der Waals surface area contributed by atoms with E-state index in [0.717, 1.165) is 23.4 Å². The van der Waals surface area contributed by atoms with E-state index in [1.54, 1.807) is 0 Å². The largest absolute Gasteiger partial charge is 0.457 e. The number of carbonyl (C=O) groups is 1. The summed E-state index contributed by atoms with van der Waals surface area (Å²) in [5.74, 6) is 1.26. The molecule has 0 saturated heterocycles. The molecule has 1 unspecified atom stereocenters. The molecule has 1 atom stereocenters. The molecule has 0 aliphatic heterocycles. The van der Waals surface area contributed by atoms with Crippen LogP contribution < -0.4 is 10.1 Å². The highest BCUT2D eigenvalue weighted by Gasteiger charge is 2.13. The second-order valence-corrected chi connectivity index (χ2v) is 7.26. The van der Waals surface area contributed by atoms with Crippen LogP contribution in [0.2, 0.25) is 0 Å². The van der Waals surface area contributed by atoms with Crippen molar-refractivity contribution in [2.45, 2.75) is 40.2 Å². The Balaban J connectivity index is 1.69. The Morgan fingerprint density at radius 3 is 2.60 bits per heavy atom. The van der Waals surface area contributed by atoms with Gasteiger partial charge in [0.1, 0.15) is 11.5 Å². The van der Waals surface area contributed by atoms with Crippen molar-refractivity contribution in [2.75, 3.05) is 11.9 Å². The van der Waals surface area contributed by atoms with E-state index in [4.69, 9.17) is 9.47 Å². The van der Waals surface area contributed by atoms with E-state index in [1.165, 1.54) is 0 Å². The number of aryl methyl sites for hydroxylation is 2. The van der Waals surface area contributed by atoms with Crippen LogP contribution in [0.3, 0.4) is 0 Å². The molecule has 5 nitrogen and oxygen atoms in total. The lowest BCUT2D eigenvalue weighted by atomic mass is 10.1. The van der Waals surface area contributed by atoms with E-state index in [9.17, 15) is 4.79 Å². The summed E-state index contributed by atoms with van der Waals surface area (Å²) >= 11 is 0. The van der Waals surface area contributed by atoms with Crippen molar-refractivity contribution in [3.63, 3.8) is 0 Å². The summed E-state index contributed by atoms with van der Waals surface area (Å²) < 4.78 is 11.5. The normalized spacial score (nSPS) is 11.7. The van der Waals surface area contributed by atoms with Crippen LogP contribution in [0.25, 0.3) is 0 Å². The van der Waals surface area contributed by atoms with E-state index < -0.39 is 0 Å². The van der Waals surface area contributed by atoms with Crippen LogP contribution in [-0.2, 0) is 11.2 Å². The number of pyridine rings is 1. The van der Waals surface area contributed by atoms with Crippen molar-refractivity contribution in [2.24, 2.45) is 0 Å². The topological polar surface area (TPSA) is 60.5 Å². The fourth-order valence-corrected chi connectivity index (χ4v) is 3.24. The SMILES string of the molecule is CCOC(C)Cc1ccc(C(=O)Nc2cccc(Oc3ccccc3C)c2)c(C)n1. The van der Waals surface area contributed by atoms with Crippen LogP contribution in [0, 0.1) is 13.8 Å². The van der Waals surface area contributed by atoms with Gasteiger partial charge in [-0.25, -0.2) is 0 Å². The maximum atomic E-state index is 12.8. The number of rotatable bonds is 8. The average Bonchev–Trinajstić information content (AvgIpc) is 2.70. The monoisotopic (exact) mass is 404 g/mol. The highest BCUT2D eigenvalue weighted by atomic mass is 16.5. The van der Waals surface area contributed by atoms with E-state index in [0.29, 0.717) is 29.3 Å². The Morgan fingerprint density at radius 1 is 1.07 bits per heavy atom. The second kappa shape index (κ2) is 10.0. The lowest BCUT2D eigenvalue weighted by molar-refractivity contribution is 0.0761. The number of ether oxygens (including phenoxy) is 2. The summed E-state index contributed by atoms with van der Waals surface area (Å²) in [6.07, 6.45) is 0.812. The lowest BCUT2D eigenvalue weighted by Gasteiger charge is -2.13. The van der Waals surface area contributed by atoms with Crippen molar-refractivity contribution in [3.8, 4) is 11.5 Å². The molecule has 0 aliphatic rings. The third kappa shape index (κ3) is 5.67. The minimum absolute atomic E-state index is 0.0950. The Bertz CT molecular complexity index is 1020. The summed E-state index contributed by atoms with van der Waals surface area (Å²) in [7, 11) is 0. The maximum Gasteiger partial charge on any atom is 0.257 e. The van der Waals surface area contributed by atoms with Crippen LogP contribution in [-0.4, -0.2) is 23.6 Å². The van der Waals surface area contributed by atoms with Gasteiger partial charge < -0.3 is 14.8 Å². The number of benzene rings is 2. The fourth-order valence-electron chi connectivity index (χ4n) is 3.24. The number of carbonyl (C=O) groups excluding carboxylic acids is 1. The molecular weight excluding hydrogens is 376 g/mol. The summed E-state index contributed by atoms with van der Waals surface area (Å²) in [6, 6.07) is 18.9. The molecule has 1 heterocycles. The summed E-state index contributed by atoms with van der Waals surface area (Å²) in [5, 5.41) is 2.94. The number of aromatic nitrogens is 1. The van der Waals surface area contributed by atoms with Gasteiger partial charge in [-0.1, -0.05) is 24.3 Å². The number of nitrogens with zero attached hydrogens (tertiary/aromatic N) is 1. The van der Waals surface area contributed by atoms with Crippen LogP contribution in [0.15, 0.2) is 60.7 Å². The molecule has 1 N–H and O–H groups in total. The number of para-hydroxylation sites is 1. The zero-order valence-corrected chi connectivity index (χ0v) is 17.9. The van der Waals surface area contributed by atoms with Gasteiger partial charge in [0, 0.05) is 30.5 Å². The summed E-state index contributed by atoms with van der Waals surface area (Å²) in [6.45, 7) is 8.51. The first-order valence-corrected chi connectivity index (χ1v) is 10.2. The van der Waals surface area contributed by atoms with Gasteiger partial charge in [-0.3, -0.25) is 9.78 Å². The fraction of sp³-hybridized carbons (Fsp3) is 0.280. The molecule has 1 amide bonds. The third-order valence-electron chi connectivity index (χ3n) is 4.75. The van der Waals surface area contributed by atoms with Gasteiger partial charge in [-0.2, -0.15) is 0 Å². The average molecular weight is 405 g/mol. The first kappa shape index (κ1) is 21.5. The van der Waals surface area contributed by atoms with Gasteiger partial charge in [0.2, 0.25) is 0 Å². The Hall–Kier alpha value is -3.18. The predicted molar refractivity (Wildman–Crippen MR) is 119 cm³/mol. The van der Waals surface area contributed by atoms with Crippen LogP contribution in [0.1, 0.15) is 41.2 Å². The van der Waals surface area contributed by atoms with Gasteiger partial charge in [-0.15, -0.1) is 0 Å². The number of nitrogens with one attached hydrogen (secondary N) is 1. The lowest BCUT2D eigenvalue weighted by Crippen LogP contribution is -2.16. The van der Waals surface area contributed by atoms with Gasteiger partial charge in [0.05, 0.1) is 17.4 Å². The Labute approximate surface area is 178 Å². The number of amides is 1. The smallest absolute Gasteiger partial charge is 0.257 e. The zero-order valence-electron chi connectivity index (χ0n) is 17.9. The zero-order chi connectivity index (χ0) is 21.5. The molecule has 30 heavy (non-hydrogen) atoms. The van der Waals surface area contributed by atoms with Gasteiger partial charge >= 0.3 is 0 Å². The molecule has 0 aliphatic carbocycles. The van der Waals surface area contributed by atoms with Crippen molar-refractivity contribution in [1.29, 1.82) is 0 Å². The molecule has 0 spiro atoms. The van der Waals surface area contributed by atoms with Gasteiger partial charge in [0.15, 0.2) is 0 Å². The van der Waals surface area contributed by atoms with Gasteiger partial charge in [-0.05, 0) is 63.6 Å². The first-order chi connectivity index (χ1) is 14.5. The molecule has 0 bridgehead atoms. The number of hydrogen-bond acceptors (Lipinski definition) is 4. The predicted octanol–water partition coefficient (Wildman–Crippen LogP) is 5.71. The van der Waals surface area contributed by atoms with Crippen molar-refractivity contribution >= 4 is 11.6 Å². The number of hydrogen-bond donors (Lipinski definition) is 1. The van der Waals surface area contributed by atoms with E-state index >= 15 is 0 Å². The van der Waals surface area contributed by atoms with E-state index in [-0.39, 0.29) is 12.0 Å². The maximum absolute atomic E-state index is 12.8. The van der Waals surface area contributed by atoms with E-state index in [2.05, 4.69) is 10.3 Å². The second-order valence-electron chi connectivity index (χ2n) is 7.26. The molecule has 3 rings (SSSR count). The molecule has 0 saturated carbocycles. The highest BCUT2D eigenvalue weighted by molar-refractivity contribution is 6.05. The van der Waals surface area contributed by atoms with Crippen molar-refractivity contribution < 1.29 is 14.3 Å². The molecule has 5 heteroatoms. The molecular formula is C25H28N2O3. The minimum Gasteiger partial charge on any atom is -0.457 e. The van der Waals surface area contributed by atoms with Crippen molar-refractivity contribution in [1.82, 2.24) is 4.98 Å². The summed E-state index contributed by atoms with van der Waals surface area (Å²) in [4.78, 5) is 17.4. The standard InChI is InChI=1S/C25H28N2O3/c1-5-29-18(3)15-21-13-14-23(19(4)26-21)25(28)27-20-10-8-11-22(16-20)30-24-12-7-6-9-17(24)2/h6-14,16,18H,5,15H2,1-4H3,(H,27,28). The minimum atomic E-state index is -0.197. The first-order valence-electron chi connectivity index (χ1n) is 10.2. The molecule has 0 radical (unpaired) electrons. The Morgan fingerprint density at radius 2 is 1.87 bits per heavy atom.